The van der Waals surface area contributed by atoms with E-state index in [-0.39, 0.29) is 11.4 Å². The first-order valence-electron chi connectivity index (χ1n) is 5.66. The van der Waals surface area contributed by atoms with E-state index >= 15 is 0 Å². The van der Waals surface area contributed by atoms with E-state index in [2.05, 4.69) is 12.1 Å². The number of aliphatic hydroxyl groups excluding tert-OH is 1. The summed E-state index contributed by atoms with van der Waals surface area (Å²) in [6, 6.07) is 6.31. The molecule has 1 N–H and O–H groups in total. The van der Waals surface area contributed by atoms with Gasteiger partial charge in [-0.15, -0.1) is 11.8 Å². The number of thioether (sulfide) groups is 1. The van der Waals surface area contributed by atoms with Crippen LogP contribution in [0.2, 0.25) is 0 Å². The molecule has 1 aliphatic rings. The molecule has 2 rings (SSSR count). The zero-order chi connectivity index (χ0) is 11.6. The highest BCUT2D eigenvalue weighted by molar-refractivity contribution is 8.00. The molecule has 0 saturated heterocycles. The number of benzene rings is 1. The van der Waals surface area contributed by atoms with Crippen molar-refractivity contribution >= 4 is 11.8 Å². The predicted molar refractivity (Wildman–Crippen MR) is 67.3 cm³/mol. The van der Waals surface area contributed by atoms with E-state index in [1.807, 2.05) is 19.9 Å². The third-order valence-electron chi connectivity index (χ3n) is 2.65. The summed E-state index contributed by atoms with van der Waals surface area (Å²) < 4.78 is 5.45. The molecule has 88 valence electrons. The van der Waals surface area contributed by atoms with Gasteiger partial charge in [-0.1, -0.05) is 0 Å². The maximum atomic E-state index is 9.25. The molecule has 0 aliphatic carbocycles. The quantitative estimate of drug-likeness (QED) is 0.821. The molecule has 0 spiro atoms. The van der Waals surface area contributed by atoms with Crippen LogP contribution in [0.3, 0.4) is 0 Å². The Morgan fingerprint density at radius 3 is 3.00 bits per heavy atom. The van der Waals surface area contributed by atoms with Crippen LogP contribution in [-0.2, 0) is 6.42 Å². The average Bonchev–Trinajstić information content (AvgIpc) is 2.28. The molecule has 16 heavy (non-hydrogen) atoms. The van der Waals surface area contributed by atoms with Gasteiger partial charge in [0, 0.05) is 9.64 Å². The molecule has 0 saturated carbocycles. The molecule has 0 atom stereocenters. The number of fused-ring (bicyclic) bond motifs is 1. The Labute approximate surface area is 101 Å². The van der Waals surface area contributed by atoms with Crippen molar-refractivity contribution in [2.75, 3.05) is 13.2 Å². The van der Waals surface area contributed by atoms with Crippen LogP contribution in [-0.4, -0.2) is 23.1 Å². The molecule has 0 amide bonds. The van der Waals surface area contributed by atoms with Gasteiger partial charge in [0.1, 0.15) is 5.75 Å². The summed E-state index contributed by atoms with van der Waals surface area (Å²) in [5.41, 5.74) is 1.30. The minimum atomic E-state index is -0.121. The first kappa shape index (κ1) is 11.8. The summed E-state index contributed by atoms with van der Waals surface area (Å²) in [6.07, 6.45) is 2.20. The molecule has 0 radical (unpaired) electrons. The molecule has 1 aliphatic heterocycles. The third-order valence-corrected chi connectivity index (χ3v) is 3.83. The highest BCUT2D eigenvalue weighted by atomic mass is 32.2. The largest absolute Gasteiger partial charge is 0.493 e. The molecular weight excluding hydrogens is 220 g/mol. The number of aliphatic hydroxyl groups is 1. The number of hydrogen-bond acceptors (Lipinski definition) is 3. The van der Waals surface area contributed by atoms with E-state index in [1.165, 1.54) is 10.5 Å². The molecule has 1 aromatic carbocycles. The van der Waals surface area contributed by atoms with Crippen molar-refractivity contribution < 1.29 is 9.84 Å². The first-order chi connectivity index (χ1) is 7.61. The maximum absolute atomic E-state index is 9.25. The molecule has 0 fully saturated rings. The molecule has 3 heteroatoms. The lowest BCUT2D eigenvalue weighted by Crippen LogP contribution is -2.19. The normalized spacial score (nSPS) is 15.4. The van der Waals surface area contributed by atoms with Crippen molar-refractivity contribution in [3.05, 3.63) is 23.8 Å². The van der Waals surface area contributed by atoms with Crippen LogP contribution >= 0.6 is 11.8 Å². The Morgan fingerprint density at radius 2 is 2.25 bits per heavy atom. The van der Waals surface area contributed by atoms with E-state index in [0.29, 0.717) is 0 Å². The summed E-state index contributed by atoms with van der Waals surface area (Å²) >= 11 is 1.71. The summed E-state index contributed by atoms with van der Waals surface area (Å²) in [5, 5.41) is 9.25. The maximum Gasteiger partial charge on any atom is 0.122 e. The lowest BCUT2D eigenvalue weighted by Gasteiger charge is -2.23. The number of rotatable bonds is 3. The molecule has 0 bridgehead atoms. The van der Waals surface area contributed by atoms with Crippen LogP contribution in [0, 0.1) is 0 Å². The summed E-state index contributed by atoms with van der Waals surface area (Å²) in [7, 11) is 0. The summed E-state index contributed by atoms with van der Waals surface area (Å²) in [5.74, 6) is 1.03. The second-order valence-corrected chi connectivity index (χ2v) is 6.52. The van der Waals surface area contributed by atoms with E-state index in [0.717, 1.165) is 25.2 Å². The SMILES string of the molecule is CC(C)(CO)Sc1ccc2c(c1)CCCO2. The average molecular weight is 238 g/mol. The zero-order valence-electron chi connectivity index (χ0n) is 9.82. The Balaban J connectivity index is 2.17. The van der Waals surface area contributed by atoms with Crippen molar-refractivity contribution in [3.63, 3.8) is 0 Å². The second kappa shape index (κ2) is 4.68. The van der Waals surface area contributed by atoms with Gasteiger partial charge >= 0.3 is 0 Å². The lowest BCUT2D eigenvalue weighted by molar-refractivity contribution is 0.265. The van der Waals surface area contributed by atoms with Crippen LogP contribution in [0.1, 0.15) is 25.8 Å². The van der Waals surface area contributed by atoms with Gasteiger partial charge in [-0.3, -0.25) is 0 Å². The highest BCUT2D eigenvalue weighted by Gasteiger charge is 2.19. The minimum absolute atomic E-state index is 0.121. The molecular formula is C13H18O2S. The lowest BCUT2D eigenvalue weighted by atomic mass is 10.1. The highest BCUT2D eigenvalue weighted by Crippen LogP contribution is 2.35. The second-order valence-electron chi connectivity index (χ2n) is 4.74. The fraction of sp³-hybridized carbons (Fsp3) is 0.538. The van der Waals surface area contributed by atoms with Gasteiger partial charge in [0.25, 0.3) is 0 Å². The Hall–Kier alpha value is -0.670. The Bertz CT molecular complexity index is 374. The van der Waals surface area contributed by atoms with Gasteiger partial charge in [0.15, 0.2) is 0 Å². The minimum Gasteiger partial charge on any atom is -0.493 e. The van der Waals surface area contributed by atoms with Gasteiger partial charge in [0.05, 0.1) is 13.2 Å². The number of hydrogen-bond donors (Lipinski definition) is 1. The summed E-state index contributed by atoms with van der Waals surface area (Å²) in [4.78, 5) is 1.21. The van der Waals surface area contributed by atoms with E-state index in [4.69, 9.17) is 4.74 Å². The van der Waals surface area contributed by atoms with Crippen molar-refractivity contribution in [3.8, 4) is 5.75 Å². The third kappa shape index (κ3) is 2.71. The van der Waals surface area contributed by atoms with E-state index in [1.54, 1.807) is 11.8 Å². The van der Waals surface area contributed by atoms with Crippen molar-refractivity contribution in [2.45, 2.75) is 36.3 Å². The van der Waals surface area contributed by atoms with Gasteiger partial charge in [-0.2, -0.15) is 0 Å². The molecule has 2 nitrogen and oxygen atoms in total. The molecule has 1 heterocycles. The standard InChI is InChI=1S/C13H18O2S/c1-13(2,9-14)16-11-5-6-12-10(8-11)4-3-7-15-12/h5-6,8,14H,3-4,7,9H2,1-2H3. The van der Waals surface area contributed by atoms with E-state index in [9.17, 15) is 5.11 Å². The number of ether oxygens (including phenoxy) is 1. The Morgan fingerprint density at radius 1 is 1.44 bits per heavy atom. The van der Waals surface area contributed by atoms with Gasteiger partial charge in [0.2, 0.25) is 0 Å². The topological polar surface area (TPSA) is 29.5 Å². The van der Waals surface area contributed by atoms with Gasteiger partial charge in [-0.05, 0) is 50.5 Å². The smallest absolute Gasteiger partial charge is 0.122 e. The molecule has 1 aromatic rings. The van der Waals surface area contributed by atoms with E-state index < -0.39 is 0 Å². The van der Waals surface area contributed by atoms with Crippen molar-refractivity contribution in [1.29, 1.82) is 0 Å². The van der Waals surface area contributed by atoms with Crippen LogP contribution in [0.15, 0.2) is 23.1 Å². The Kier molecular flexibility index (Phi) is 3.45. The van der Waals surface area contributed by atoms with Crippen LogP contribution in [0.5, 0.6) is 5.75 Å². The van der Waals surface area contributed by atoms with Crippen molar-refractivity contribution in [2.24, 2.45) is 0 Å². The van der Waals surface area contributed by atoms with Crippen LogP contribution < -0.4 is 4.74 Å². The zero-order valence-corrected chi connectivity index (χ0v) is 10.6. The number of aryl methyl sites for hydroxylation is 1. The van der Waals surface area contributed by atoms with Gasteiger partial charge in [-0.25, -0.2) is 0 Å². The fourth-order valence-corrected chi connectivity index (χ4v) is 2.79. The summed E-state index contributed by atoms with van der Waals surface area (Å²) in [6.45, 7) is 5.12. The monoisotopic (exact) mass is 238 g/mol. The molecule has 0 aromatic heterocycles. The van der Waals surface area contributed by atoms with Crippen LogP contribution in [0.4, 0.5) is 0 Å². The predicted octanol–water partition coefficient (Wildman–Crippen LogP) is 2.87. The first-order valence-corrected chi connectivity index (χ1v) is 6.48. The fourth-order valence-electron chi connectivity index (χ4n) is 1.75. The van der Waals surface area contributed by atoms with Gasteiger partial charge < -0.3 is 9.84 Å². The van der Waals surface area contributed by atoms with Crippen LogP contribution in [0.25, 0.3) is 0 Å². The molecule has 0 unspecified atom stereocenters. The van der Waals surface area contributed by atoms with Crippen molar-refractivity contribution in [1.82, 2.24) is 0 Å².